The lowest BCUT2D eigenvalue weighted by Gasteiger charge is -2.41. The Bertz CT molecular complexity index is 1810. The molecular formula is C46H46O2Si4. The normalized spacial score (nSPS) is 12.4. The summed E-state index contributed by atoms with van der Waals surface area (Å²) in [5.41, 5.74) is 0. The summed E-state index contributed by atoms with van der Waals surface area (Å²) in [6.45, 7) is 9.43. The Morgan fingerprint density at radius 1 is 0.231 bits per heavy atom. The van der Waals surface area contributed by atoms with Gasteiger partial charge in [0, 0.05) is 0 Å². The highest BCUT2D eigenvalue weighted by atomic mass is 28.4. The second-order valence-electron chi connectivity index (χ2n) is 14.4. The van der Waals surface area contributed by atoms with Gasteiger partial charge in [-0.3, -0.25) is 0 Å². The van der Waals surface area contributed by atoms with Crippen LogP contribution in [0.25, 0.3) is 0 Å². The molecule has 0 aliphatic rings. The van der Waals surface area contributed by atoms with Crippen LogP contribution in [0.15, 0.2) is 206 Å². The first-order valence-electron chi connectivity index (χ1n) is 18.1. The summed E-state index contributed by atoms with van der Waals surface area (Å²) in [6, 6.07) is 74.7. The van der Waals surface area contributed by atoms with E-state index in [4.69, 9.17) is 8.23 Å². The van der Waals surface area contributed by atoms with Crippen LogP contribution in [-0.2, 0) is 8.23 Å². The molecule has 0 unspecified atom stereocenters. The average molecular weight is 743 g/mol. The molecule has 6 heteroatoms. The Morgan fingerprint density at radius 2 is 0.404 bits per heavy atom. The predicted molar refractivity (Wildman–Crippen MR) is 231 cm³/mol. The molecule has 2 nitrogen and oxygen atoms in total. The van der Waals surface area contributed by atoms with E-state index in [0.29, 0.717) is 0 Å². The highest BCUT2D eigenvalue weighted by Crippen LogP contribution is 2.20. The summed E-state index contributed by atoms with van der Waals surface area (Å²) in [7, 11) is -10.8. The van der Waals surface area contributed by atoms with Gasteiger partial charge in [0.2, 0.25) is 16.6 Å². The Morgan fingerprint density at radius 3 is 0.577 bits per heavy atom. The van der Waals surface area contributed by atoms with Crippen LogP contribution in [0.1, 0.15) is 0 Å². The van der Waals surface area contributed by atoms with Gasteiger partial charge in [-0.15, -0.1) is 0 Å². The van der Waals surface area contributed by atoms with Gasteiger partial charge in [-0.2, -0.15) is 0 Å². The zero-order chi connectivity index (χ0) is 36.1. The van der Waals surface area contributed by atoms with E-state index in [9.17, 15) is 0 Å². The molecule has 258 valence electrons. The largest absolute Gasteiger partial charge is 0.442 e. The minimum absolute atomic E-state index is 1.26. The Kier molecular flexibility index (Phi) is 10.4. The molecule has 0 saturated heterocycles. The summed E-state index contributed by atoms with van der Waals surface area (Å²) >= 11 is 0. The molecule has 0 aromatic heterocycles. The topological polar surface area (TPSA) is 18.5 Å². The van der Waals surface area contributed by atoms with Crippen molar-refractivity contribution in [2.45, 2.75) is 26.2 Å². The molecule has 0 heterocycles. The maximum absolute atomic E-state index is 7.81. The van der Waals surface area contributed by atoms with Gasteiger partial charge < -0.3 is 8.23 Å². The first kappa shape index (κ1) is 35.7. The van der Waals surface area contributed by atoms with Crippen molar-refractivity contribution in [3.05, 3.63) is 206 Å². The van der Waals surface area contributed by atoms with E-state index in [0.717, 1.165) is 0 Å². The van der Waals surface area contributed by atoms with Gasteiger partial charge in [-0.1, -0.05) is 206 Å². The van der Waals surface area contributed by atoms with E-state index >= 15 is 0 Å². The molecule has 7 aromatic rings. The average Bonchev–Trinajstić information content (AvgIpc) is 3.21. The highest BCUT2D eigenvalue weighted by Gasteiger charge is 2.48. The van der Waals surface area contributed by atoms with Crippen molar-refractivity contribution in [2.75, 3.05) is 0 Å². The molecule has 0 bridgehead atoms. The highest BCUT2D eigenvalue weighted by molar-refractivity contribution is 7.13. The maximum atomic E-state index is 7.81. The van der Waals surface area contributed by atoms with Gasteiger partial charge in [0.25, 0.3) is 16.6 Å². The predicted octanol–water partition coefficient (Wildman–Crippen LogP) is 5.88. The van der Waals surface area contributed by atoms with Crippen LogP contribution in [0.2, 0.25) is 26.2 Å². The second-order valence-corrected chi connectivity index (χ2v) is 29.4. The summed E-state index contributed by atoms with van der Waals surface area (Å²) < 4.78 is 15.6. The van der Waals surface area contributed by atoms with E-state index in [1.165, 1.54) is 41.5 Å². The molecular weight excluding hydrogens is 697 g/mol. The summed E-state index contributed by atoms with van der Waals surface area (Å²) in [5.74, 6) is 0. The fraction of sp³-hybridized carbons (Fsp3) is 0.0870. The van der Waals surface area contributed by atoms with Crippen molar-refractivity contribution in [3.8, 4) is 0 Å². The molecule has 0 spiro atoms. The summed E-state index contributed by atoms with van der Waals surface area (Å²) in [6.07, 6.45) is 0. The minimum atomic E-state index is -2.89. The van der Waals surface area contributed by atoms with Crippen molar-refractivity contribution in [1.82, 2.24) is 0 Å². The maximum Gasteiger partial charge on any atom is 0.278 e. The molecule has 52 heavy (non-hydrogen) atoms. The standard InChI is InChI=1S/C46H46O2Si4/c1-49(2,47-51(41-23-11-5-12-24-41,42-25-13-6-14-26-42)43-27-15-7-16-28-43)39-35-37-40(38-36-39)50(3,4)48-52(44-29-17-8-18-30-44,45-31-19-9-20-32-45)46-33-21-10-22-34-46/h5-38H,1-4H3. The molecule has 0 amide bonds. The van der Waals surface area contributed by atoms with Crippen LogP contribution in [0.4, 0.5) is 0 Å². The lowest BCUT2D eigenvalue weighted by atomic mass is 10.3. The first-order valence-corrected chi connectivity index (χ1v) is 27.7. The third-order valence-corrected chi connectivity index (χ3v) is 27.0. The molecule has 0 aliphatic heterocycles. The van der Waals surface area contributed by atoms with Gasteiger partial charge in [0.15, 0.2) is 0 Å². The van der Waals surface area contributed by atoms with Crippen molar-refractivity contribution in [1.29, 1.82) is 0 Å². The molecule has 0 radical (unpaired) electrons. The Hall–Kier alpha value is -4.67. The molecule has 7 rings (SSSR count). The fourth-order valence-electron chi connectivity index (χ4n) is 7.55. The fourth-order valence-corrected chi connectivity index (χ4v) is 25.4. The quantitative estimate of drug-likeness (QED) is 0.115. The molecule has 7 aromatic carbocycles. The van der Waals surface area contributed by atoms with Crippen molar-refractivity contribution >= 4 is 74.8 Å². The molecule has 0 N–H and O–H groups in total. The van der Waals surface area contributed by atoms with Crippen LogP contribution in [-0.4, -0.2) is 33.3 Å². The van der Waals surface area contributed by atoms with Crippen LogP contribution < -0.4 is 41.5 Å². The van der Waals surface area contributed by atoms with E-state index < -0.39 is 33.3 Å². The van der Waals surface area contributed by atoms with Crippen molar-refractivity contribution < 1.29 is 8.23 Å². The molecule has 0 saturated carbocycles. The smallest absolute Gasteiger partial charge is 0.278 e. The number of hydrogen-bond donors (Lipinski definition) is 0. The van der Waals surface area contributed by atoms with Crippen molar-refractivity contribution in [3.63, 3.8) is 0 Å². The SMILES string of the molecule is C[Si](C)(O[Si](c1ccccc1)(c1ccccc1)c1ccccc1)c1ccc([Si](C)(C)O[Si](c2ccccc2)(c2ccccc2)c2ccccc2)cc1. The van der Waals surface area contributed by atoms with E-state index in [2.05, 4.69) is 232 Å². The first-order chi connectivity index (χ1) is 25.3. The Balaban J connectivity index is 1.29. The third kappa shape index (κ3) is 6.93. The van der Waals surface area contributed by atoms with Gasteiger partial charge in [-0.25, -0.2) is 0 Å². The van der Waals surface area contributed by atoms with E-state index in [1.54, 1.807) is 0 Å². The lowest BCUT2D eigenvalue weighted by molar-refractivity contribution is 0.585. The van der Waals surface area contributed by atoms with Crippen LogP contribution in [0.3, 0.4) is 0 Å². The minimum Gasteiger partial charge on any atom is -0.442 e. The number of rotatable bonds is 12. The number of hydrogen-bond acceptors (Lipinski definition) is 2. The molecule has 0 atom stereocenters. The zero-order valence-electron chi connectivity index (χ0n) is 30.4. The van der Waals surface area contributed by atoms with Gasteiger partial charge >= 0.3 is 0 Å². The van der Waals surface area contributed by atoms with Crippen LogP contribution >= 0.6 is 0 Å². The van der Waals surface area contributed by atoms with Gasteiger partial charge in [-0.05, 0) is 67.7 Å². The summed E-state index contributed by atoms with van der Waals surface area (Å²) in [4.78, 5) is 0. The summed E-state index contributed by atoms with van der Waals surface area (Å²) in [5, 5.41) is 10.1. The number of benzene rings is 7. The molecule has 0 fully saturated rings. The van der Waals surface area contributed by atoms with E-state index in [1.807, 2.05) is 0 Å². The zero-order valence-corrected chi connectivity index (χ0v) is 34.4. The molecule has 0 aliphatic carbocycles. The van der Waals surface area contributed by atoms with Crippen molar-refractivity contribution in [2.24, 2.45) is 0 Å². The third-order valence-electron chi connectivity index (χ3n) is 10.2. The lowest BCUT2D eigenvalue weighted by Crippen LogP contribution is -2.74. The van der Waals surface area contributed by atoms with Gasteiger partial charge in [0.05, 0.1) is 0 Å². The van der Waals surface area contributed by atoms with E-state index in [-0.39, 0.29) is 0 Å². The second kappa shape index (κ2) is 15.1. The van der Waals surface area contributed by atoms with Crippen LogP contribution in [0.5, 0.6) is 0 Å². The van der Waals surface area contributed by atoms with Gasteiger partial charge in [0.1, 0.15) is 0 Å². The monoisotopic (exact) mass is 742 g/mol. The Labute approximate surface area is 313 Å². The van der Waals surface area contributed by atoms with Crippen LogP contribution in [0, 0.1) is 0 Å².